The van der Waals surface area contributed by atoms with E-state index in [1.54, 1.807) is 12.3 Å². The molecule has 1 aromatic carbocycles. The SMILES string of the molecule is CC(=O)O[C@@H]1[C@@H](OC(C)=O)[C@H](OC(C)=O)CS[C@H]1Oc1cccc(-c2nccs2)c1. The van der Waals surface area contributed by atoms with Crippen molar-refractivity contribution in [2.75, 3.05) is 5.75 Å². The van der Waals surface area contributed by atoms with Gasteiger partial charge in [-0.3, -0.25) is 14.4 Å². The summed E-state index contributed by atoms with van der Waals surface area (Å²) in [5, 5.41) is 2.73. The molecule has 0 spiro atoms. The van der Waals surface area contributed by atoms with Crippen LogP contribution in [0.25, 0.3) is 10.6 Å². The molecule has 0 saturated carbocycles. The van der Waals surface area contributed by atoms with E-state index in [0.29, 0.717) is 11.5 Å². The molecular weight excluding hydrogens is 430 g/mol. The van der Waals surface area contributed by atoms with Crippen LogP contribution in [-0.4, -0.2) is 52.4 Å². The van der Waals surface area contributed by atoms with Crippen molar-refractivity contribution in [3.8, 4) is 16.3 Å². The first-order valence-electron chi connectivity index (χ1n) is 9.13. The van der Waals surface area contributed by atoms with Crippen molar-refractivity contribution in [1.82, 2.24) is 4.98 Å². The van der Waals surface area contributed by atoms with E-state index in [-0.39, 0.29) is 0 Å². The Hall–Kier alpha value is -2.59. The first-order chi connectivity index (χ1) is 14.3. The Kier molecular flexibility index (Phi) is 7.33. The molecule has 10 heteroatoms. The van der Waals surface area contributed by atoms with Crippen molar-refractivity contribution in [2.24, 2.45) is 0 Å². The molecule has 2 aromatic rings. The number of aromatic nitrogens is 1. The van der Waals surface area contributed by atoms with Crippen LogP contribution in [0.4, 0.5) is 0 Å². The minimum atomic E-state index is -0.983. The van der Waals surface area contributed by atoms with Crippen molar-refractivity contribution in [3.63, 3.8) is 0 Å². The quantitative estimate of drug-likeness (QED) is 0.484. The average Bonchev–Trinajstić information content (AvgIpc) is 3.20. The van der Waals surface area contributed by atoms with E-state index in [9.17, 15) is 14.4 Å². The third-order valence-electron chi connectivity index (χ3n) is 4.07. The van der Waals surface area contributed by atoms with Gasteiger partial charge in [0.15, 0.2) is 23.7 Å². The second-order valence-corrected chi connectivity index (χ2v) is 8.51. The predicted molar refractivity (Wildman–Crippen MR) is 111 cm³/mol. The maximum absolute atomic E-state index is 11.7. The van der Waals surface area contributed by atoms with Crippen LogP contribution in [0, 0.1) is 0 Å². The van der Waals surface area contributed by atoms with Crippen LogP contribution in [-0.2, 0) is 28.6 Å². The second kappa shape index (κ2) is 9.94. The Balaban J connectivity index is 1.85. The van der Waals surface area contributed by atoms with Gasteiger partial charge in [0, 0.05) is 43.7 Å². The fourth-order valence-electron chi connectivity index (χ4n) is 3.01. The number of thioether (sulfide) groups is 1. The zero-order valence-electron chi connectivity index (χ0n) is 16.6. The van der Waals surface area contributed by atoms with Gasteiger partial charge in [0.05, 0.1) is 0 Å². The van der Waals surface area contributed by atoms with Crippen molar-refractivity contribution >= 4 is 41.0 Å². The molecule has 0 aliphatic carbocycles. The van der Waals surface area contributed by atoms with Crippen molar-refractivity contribution in [2.45, 2.75) is 44.5 Å². The van der Waals surface area contributed by atoms with Crippen LogP contribution in [0.15, 0.2) is 35.8 Å². The zero-order chi connectivity index (χ0) is 21.7. The number of nitrogens with zero attached hydrogens (tertiary/aromatic N) is 1. The fraction of sp³-hybridized carbons (Fsp3) is 0.400. The number of benzene rings is 1. The van der Waals surface area contributed by atoms with E-state index >= 15 is 0 Å². The number of esters is 3. The van der Waals surface area contributed by atoms with Crippen molar-refractivity contribution in [3.05, 3.63) is 35.8 Å². The molecule has 0 bridgehead atoms. The van der Waals surface area contributed by atoms with Crippen LogP contribution < -0.4 is 4.74 Å². The number of hydrogen-bond acceptors (Lipinski definition) is 10. The molecule has 1 aliphatic rings. The van der Waals surface area contributed by atoms with Gasteiger partial charge in [-0.15, -0.1) is 23.1 Å². The largest absolute Gasteiger partial charge is 0.476 e. The average molecular weight is 452 g/mol. The third-order valence-corrected chi connectivity index (χ3v) is 6.11. The first-order valence-corrected chi connectivity index (χ1v) is 11.1. The lowest BCUT2D eigenvalue weighted by Crippen LogP contribution is -2.55. The molecule has 4 atom stereocenters. The molecule has 1 fully saturated rings. The lowest BCUT2D eigenvalue weighted by molar-refractivity contribution is -0.186. The van der Waals surface area contributed by atoms with Crippen molar-refractivity contribution in [1.29, 1.82) is 0 Å². The van der Waals surface area contributed by atoms with Crippen LogP contribution in [0.2, 0.25) is 0 Å². The van der Waals surface area contributed by atoms with Crippen LogP contribution in [0.5, 0.6) is 5.75 Å². The summed E-state index contributed by atoms with van der Waals surface area (Å²) in [6.45, 7) is 3.76. The molecule has 1 saturated heterocycles. The zero-order valence-corrected chi connectivity index (χ0v) is 18.2. The molecule has 30 heavy (non-hydrogen) atoms. The molecule has 0 radical (unpaired) electrons. The minimum Gasteiger partial charge on any atom is -0.476 e. The van der Waals surface area contributed by atoms with Gasteiger partial charge in [0.1, 0.15) is 10.8 Å². The predicted octanol–water partition coefficient (Wildman–Crippen LogP) is 3.06. The number of carbonyl (C=O) groups excluding carboxylic acids is 3. The summed E-state index contributed by atoms with van der Waals surface area (Å²) in [6, 6.07) is 7.37. The molecule has 0 amide bonds. The van der Waals surface area contributed by atoms with Gasteiger partial charge in [-0.05, 0) is 12.1 Å². The number of thiazole rings is 1. The van der Waals surface area contributed by atoms with E-state index in [2.05, 4.69) is 4.98 Å². The molecule has 0 unspecified atom stereocenters. The monoisotopic (exact) mass is 451 g/mol. The van der Waals surface area contributed by atoms with Gasteiger partial charge in [0.2, 0.25) is 0 Å². The highest BCUT2D eigenvalue weighted by Crippen LogP contribution is 2.35. The maximum atomic E-state index is 11.7. The molecule has 1 aromatic heterocycles. The first kappa shape index (κ1) is 22.1. The summed E-state index contributed by atoms with van der Waals surface area (Å²) < 4.78 is 22.2. The summed E-state index contributed by atoms with van der Waals surface area (Å²) in [4.78, 5) is 39.2. The Morgan fingerprint density at radius 1 is 1.00 bits per heavy atom. The summed E-state index contributed by atoms with van der Waals surface area (Å²) in [5.41, 5.74) is 0.221. The highest BCUT2D eigenvalue weighted by molar-refractivity contribution is 7.99. The summed E-state index contributed by atoms with van der Waals surface area (Å²) in [6.07, 6.45) is -0.982. The Bertz CT molecular complexity index is 902. The molecule has 0 N–H and O–H groups in total. The number of carbonyl (C=O) groups is 3. The standard InChI is InChI=1S/C20H21NO7S2/c1-11(22)25-16-10-30-20(18(27-13(3)24)17(16)26-12(2)23)28-15-6-4-5-14(9-15)19-21-7-8-29-19/h4-9,16-18,20H,10H2,1-3H3/t16-,17+,18-,20-/m1/s1. The van der Waals surface area contributed by atoms with Crippen LogP contribution in [0.1, 0.15) is 20.8 Å². The van der Waals surface area contributed by atoms with Gasteiger partial charge in [0.25, 0.3) is 0 Å². The topological polar surface area (TPSA) is 101 Å². The van der Waals surface area contributed by atoms with Crippen LogP contribution in [0.3, 0.4) is 0 Å². The van der Waals surface area contributed by atoms with Gasteiger partial charge in [-0.1, -0.05) is 12.1 Å². The Morgan fingerprint density at radius 3 is 2.33 bits per heavy atom. The van der Waals surface area contributed by atoms with Gasteiger partial charge in [-0.25, -0.2) is 4.98 Å². The van der Waals surface area contributed by atoms with E-state index in [4.69, 9.17) is 18.9 Å². The van der Waals surface area contributed by atoms with Crippen LogP contribution >= 0.6 is 23.1 Å². The minimum absolute atomic E-state index is 0.312. The molecular formula is C20H21NO7S2. The molecule has 2 heterocycles. The Morgan fingerprint density at radius 2 is 1.70 bits per heavy atom. The van der Waals surface area contributed by atoms with E-state index < -0.39 is 41.7 Å². The normalized spacial score (nSPS) is 23.3. The summed E-state index contributed by atoms with van der Waals surface area (Å²) in [5.74, 6) is -0.802. The van der Waals surface area contributed by atoms with E-state index in [1.165, 1.54) is 43.9 Å². The fourth-order valence-corrected chi connectivity index (χ4v) is 4.86. The van der Waals surface area contributed by atoms with E-state index in [0.717, 1.165) is 10.6 Å². The lowest BCUT2D eigenvalue weighted by atomic mass is 10.1. The van der Waals surface area contributed by atoms with Gasteiger partial charge >= 0.3 is 17.9 Å². The highest BCUT2D eigenvalue weighted by Gasteiger charge is 2.47. The molecule has 1 aliphatic heterocycles. The Labute approximate surface area is 181 Å². The molecule has 3 rings (SSSR count). The maximum Gasteiger partial charge on any atom is 0.303 e. The summed E-state index contributed by atoms with van der Waals surface area (Å²) >= 11 is 2.82. The van der Waals surface area contributed by atoms with Gasteiger partial charge < -0.3 is 18.9 Å². The lowest BCUT2D eigenvalue weighted by Gasteiger charge is -2.39. The number of ether oxygens (including phenoxy) is 4. The molecule has 8 nitrogen and oxygen atoms in total. The third kappa shape index (κ3) is 5.73. The summed E-state index contributed by atoms with van der Waals surface area (Å²) in [7, 11) is 0. The van der Waals surface area contributed by atoms with Gasteiger partial charge in [-0.2, -0.15) is 0 Å². The smallest absolute Gasteiger partial charge is 0.303 e. The van der Waals surface area contributed by atoms with E-state index in [1.807, 2.05) is 23.6 Å². The number of rotatable bonds is 6. The number of hydrogen-bond donors (Lipinski definition) is 0. The van der Waals surface area contributed by atoms with Crippen molar-refractivity contribution < 1.29 is 33.3 Å². The highest BCUT2D eigenvalue weighted by atomic mass is 32.2. The second-order valence-electron chi connectivity index (χ2n) is 6.48. The molecule has 160 valence electrons.